The molecule has 3 atom stereocenters. The topological polar surface area (TPSA) is 75.3 Å². The predicted octanol–water partition coefficient (Wildman–Crippen LogP) is 0.962. The van der Waals surface area contributed by atoms with Gasteiger partial charge >= 0.3 is 0 Å². The maximum atomic E-state index is 12.0. The molecule has 4 nitrogen and oxygen atoms in total. The Balaban J connectivity index is 1.97. The number of aliphatic hydroxyl groups excluding tert-OH is 1. The number of hydrogen-bond acceptors (Lipinski definition) is 3. The van der Waals surface area contributed by atoms with E-state index in [0.29, 0.717) is 6.42 Å². The Morgan fingerprint density at radius 2 is 2.06 bits per heavy atom. The van der Waals surface area contributed by atoms with E-state index in [0.717, 1.165) is 5.56 Å². The standard InChI is InChI=1S/C14H20N2O2/c1-14(2)10(8-11(14)17)16-13(18)12(15)9-6-4-3-5-7-9/h3-7,10-12,17H,8,15H2,1-2H3,(H,16,18)/t10?,11?,12-/m1/s1. The number of rotatable bonds is 3. The molecule has 0 aromatic heterocycles. The summed E-state index contributed by atoms with van der Waals surface area (Å²) >= 11 is 0. The van der Waals surface area contributed by atoms with Crippen LogP contribution in [0.25, 0.3) is 0 Å². The highest BCUT2D eigenvalue weighted by molar-refractivity contribution is 5.83. The van der Waals surface area contributed by atoms with E-state index in [1.165, 1.54) is 0 Å². The Hall–Kier alpha value is -1.39. The van der Waals surface area contributed by atoms with Crippen molar-refractivity contribution in [1.82, 2.24) is 5.32 Å². The highest BCUT2D eigenvalue weighted by Crippen LogP contribution is 2.40. The average molecular weight is 248 g/mol. The zero-order chi connectivity index (χ0) is 13.3. The maximum Gasteiger partial charge on any atom is 0.241 e. The van der Waals surface area contributed by atoms with E-state index in [1.807, 2.05) is 44.2 Å². The number of nitrogens with one attached hydrogen (secondary N) is 1. The highest BCUT2D eigenvalue weighted by atomic mass is 16.3. The fraction of sp³-hybridized carbons (Fsp3) is 0.500. The summed E-state index contributed by atoms with van der Waals surface area (Å²) < 4.78 is 0. The number of aliphatic hydroxyl groups is 1. The molecule has 0 spiro atoms. The van der Waals surface area contributed by atoms with E-state index in [9.17, 15) is 9.90 Å². The van der Waals surface area contributed by atoms with Crippen molar-refractivity contribution in [3.63, 3.8) is 0 Å². The van der Waals surface area contributed by atoms with Crippen LogP contribution in [0.4, 0.5) is 0 Å². The normalized spacial score (nSPS) is 27.1. The minimum absolute atomic E-state index is 0.00485. The SMILES string of the molecule is CC1(C)C(O)CC1NC(=O)[C@H](N)c1ccccc1. The number of nitrogens with two attached hydrogens (primary N) is 1. The largest absolute Gasteiger partial charge is 0.392 e. The Kier molecular flexibility index (Phi) is 3.41. The lowest BCUT2D eigenvalue weighted by molar-refractivity contribution is -0.130. The molecule has 0 heterocycles. The zero-order valence-electron chi connectivity index (χ0n) is 10.8. The number of amides is 1. The molecule has 1 aromatic carbocycles. The Bertz CT molecular complexity index is 431. The summed E-state index contributed by atoms with van der Waals surface area (Å²) in [7, 11) is 0. The quantitative estimate of drug-likeness (QED) is 0.746. The summed E-state index contributed by atoms with van der Waals surface area (Å²) in [6.07, 6.45) is 0.246. The first-order valence-electron chi connectivity index (χ1n) is 6.22. The van der Waals surface area contributed by atoms with E-state index in [1.54, 1.807) is 0 Å². The first-order chi connectivity index (χ1) is 8.43. The van der Waals surface area contributed by atoms with Gasteiger partial charge in [-0.15, -0.1) is 0 Å². The fourth-order valence-electron chi connectivity index (χ4n) is 2.22. The van der Waals surface area contributed by atoms with Gasteiger partial charge in [-0.05, 0) is 12.0 Å². The second-order valence-corrected chi connectivity index (χ2v) is 5.52. The monoisotopic (exact) mass is 248 g/mol. The maximum absolute atomic E-state index is 12.0. The van der Waals surface area contributed by atoms with Crippen LogP contribution in [0.3, 0.4) is 0 Å². The zero-order valence-corrected chi connectivity index (χ0v) is 10.8. The minimum Gasteiger partial charge on any atom is -0.392 e. The van der Waals surface area contributed by atoms with E-state index < -0.39 is 6.04 Å². The fourth-order valence-corrected chi connectivity index (χ4v) is 2.22. The summed E-state index contributed by atoms with van der Waals surface area (Å²) in [4.78, 5) is 12.0. The van der Waals surface area contributed by atoms with Crippen molar-refractivity contribution in [2.24, 2.45) is 11.1 Å². The van der Waals surface area contributed by atoms with Gasteiger partial charge in [-0.1, -0.05) is 44.2 Å². The van der Waals surface area contributed by atoms with Gasteiger partial charge in [-0.3, -0.25) is 4.79 Å². The van der Waals surface area contributed by atoms with Crippen molar-refractivity contribution >= 4 is 5.91 Å². The third-order valence-corrected chi connectivity index (χ3v) is 3.97. The van der Waals surface area contributed by atoms with Gasteiger partial charge in [-0.2, -0.15) is 0 Å². The number of benzene rings is 1. The van der Waals surface area contributed by atoms with E-state index in [4.69, 9.17) is 5.73 Å². The summed E-state index contributed by atoms with van der Waals surface area (Å²) in [5, 5.41) is 12.5. The smallest absolute Gasteiger partial charge is 0.241 e. The lowest BCUT2D eigenvalue weighted by atomic mass is 9.64. The molecule has 0 saturated heterocycles. The lowest BCUT2D eigenvalue weighted by Crippen LogP contribution is -2.62. The van der Waals surface area contributed by atoms with Crippen LogP contribution in [0.1, 0.15) is 31.9 Å². The Morgan fingerprint density at radius 1 is 1.44 bits per heavy atom. The van der Waals surface area contributed by atoms with Crippen molar-refractivity contribution in [3.05, 3.63) is 35.9 Å². The molecule has 0 radical (unpaired) electrons. The molecule has 1 fully saturated rings. The first kappa shape index (κ1) is 13.1. The van der Waals surface area contributed by atoms with Gasteiger partial charge < -0.3 is 16.2 Å². The highest BCUT2D eigenvalue weighted by Gasteiger charge is 2.48. The van der Waals surface area contributed by atoms with Gasteiger partial charge in [0.05, 0.1) is 6.10 Å². The van der Waals surface area contributed by atoms with Crippen LogP contribution in [0.2, 0.25) is 0 Å². The van der Waals surface area contributed by atoms with E-state index in [2.05, 4.69) is 5.32 Å². The molecule has 2 unspecified atom stereocenters. The lowest BCUT2D eigenvalue weighted by Gasteiger charge is -2.49. The van der Waals surface area contributed by atoms with Crippen molar-refractivity contribution in [2.45, 2.75) is 38.5 Å². The summed E-state index contributed by atoms with van der Waals surface area (Å²) in [6.45, 7) is 3.89. The molecule has 2 rings (SSSR count). The van der Waals surface area contributed by atoms with E-state index >= 15 is 0 Å². The number of hydrogen-bond donors (Lipinski definition) is 3. The van der Waals surface area contributed by atoms with Gasteiger partial charge in [0.25, 0.3) is 0 Å². The molecular formula is C14H20N2O2. The molecule has 1 aliphatic carbocycles. The Labute approximate surface area is 107 Å². The molecule has 0 aliphatic heterocycles. The third kappa shape index (κ3) is 2.26. The average Bonchev–Trinajstić information content (AvgIpc) is 2.38. The van der Waals surface area contributed by atoms with Crippen molar-refractivity contribution in [2.75, 3.05) is 0 Å². The van der Waals surface area contributed by atoms with Gasteiger partial charge in [-0.25, -0.2) is 0 Å². The molecule has 1 aliphatic rings. The minimum atomic E-state index is -0.653. The first-order valence-corrected chi connectivity index (χ1v) is 6.22. The molecule has 1 amide bonds. The van der Waals surface area contributed by atoms with Crippen LogP contribution in [0, 0.1) is 5.41 Å². The van der Waals surface area contributed by atoms with Crippen LogP contribution >= 0.6 is 0 Å². The summed E-state index contributed by atoms with van der Waals surface area (Å²) in [6, 6.07) is 8.63. The molecule has 1 aromatic rings. The molecule has 18 heavy (non-hydrogen) atoms. The van der Waals surface area contributed by atoms with Gasteiger partial charge in [0.1, 0.15) is 6.04 Å². The second-order valence-electron chi connectivity index (χ2n) is 5.52. The molecular weight excluding hydrogens is 228 g/mol. The van der Waals surface area contributed by atoms with E-state index in [-0.39, 0.29) is 23.5 Å². The van der Waals surface area contributed by atoms with Crippen molar-refractivity contribution in [3.8, 4) is 0 Å². The molecule has 98 valence electrons. The van der Waals surface area contributed by atoms with Gasteiger partial charge in [0.2, 0.25) is 5.91 Å². The summed E-state index contributed by atoms with van der Waals surface area (Å²) in [5.74, 6) is -0.189. The van der Waals surface area contributed by atoms with Gasteiger partial charge in [0, 0.05) is 11.5 Å². The van der Waals surface area contributed by atoms with Crippen molar-refractivity contribution < 1.29 is 9.90 Å². The second kappa shape index (κ2) is 4.71. The van der Waals surface area contributed by atoms with Crippen LogP contribution < -0.4 is 11.1 Å². The third-order valence-electron chi connectivity index (χ3n) is 3.97. The predicted molar refractivity (Wildman–Crippen MR) is 69.7 cm³/mol. The molecule has 1 saturated carbocycles. The molecule has 0 bridgehead atoms. The van der Waals surface area contributed by atoms with Crippen LogP contribution in [-0.4, -0.2) is 23.2 Å². The van der Waals surface area contributed by atoms with Gasteiger partial charge in [0.15, 0.2) is 0 Å². The van der Waals surface area contributed by atoms with Crippen LogP contribution in [-0.2, 0) is 4.79 Å². The Morgan fingerprint density at radius 3 is 2.56 bits per heavy atom. The number of carbonyl (C=O) groups excluding carboxylic acids is 1. The van der Waals surface area contributed by atoms with Crippen LogP contribution in [0.15, 0.2) is 30.3 Å². The van der Waals surface area contributed by atoms with Crippen molar-refractivity contribution in [1.29, 1.82) is 0 Å². The molecule has 4 N–H and O–H groups in total. The van der Waals surface area contributed by atoms with Crippen LogP contribution in [0.5, 0.6) is 0 Å². The summed E-state index contributed by atoms with van der Waals surface area (Å²) in [5.41, 5.74) is 6.44. The molecule has 4 heteroatoms. The number of carbonyl (C=O) groups is 1.